The summed E-state index contributed by atoms with van der Waals surface area (Å²) < 4.78 is 7.29. The lowest BCUT2D eigenvalue weighted by Gasteiger charge is -2.13. The molecule has 3 rings (SSSR count). The zero-order valence-electron chi connectivity index (χ0n) is 17.7. The average molecular weight is 425 g/mol. The maximum atomic E-state index is 12.6. The molecule has 0 aliphatic rings. The Labute approximate surface area is 182 Å². The van der Waals surface area contributed by atoms with Gasteiger partial charge in [0.2, 0.25) is 5.91 Å². The minimum atomic E-state index is -0.0565. The topological polar surface area (TPSA) is 69.0 Å². The number of hydrogen-bond acceptors (Lipinski definition) is 5. The number of rotatable bonds is 10. The van der Waals surface area contributed by atoms with Crippen LogP contribution in [0.25, 0.3) is 0 Å². The van der Waals surface area contributed by atoms with Crippen LogP contribution in [0.1, 0.15) is 36.7 Å². The van der Waals surface area contributed by atoms with Gasteiger partial charge in [-0.3, -0.25) is 4.79 Å². The Balaban J connectivity index is 1.68. The number of carbonyl (C=O) groups is 1. The summed E-state index contributed by atoms with van der Waals surface area (Å²) in [5.74, 6) is 1.42. The van der Waals surface area contributed by atoms with E-state index in [0.29, 0.717) is 25.5 Å². The van der Waals surface area contributed by atoms with Crippen LogP contribution in [0.15, 0.2) is 59.8 Å². The summed E-state index contributed by atoms with van der Waals surface area (Å²) in [5, 5.41) is 12.5. The van der Waals surface area contributed by atoms with E-state index in [1.165, 1.54) is 17.3 Å². The Morgan fingerprint density at radius 1 is 1.10 bits per heavy atom. The smallest absolute Gasteiger partial charge is 0.234 e. The largest absolute Gasteiger partial charge is 0.383 e. The number of nitrogens with zero attached hydrogens (tertiary/aromatic N) is 3. The number of aromatic nitrogens is 3. The fourth-order valence-corrected chi connectivity index (χ4v) is 3.96. The van der Waals surface area contributed by atoms with Gasteiger partial charge in [0.05, 0.1) is 12.4 Å². The van der Waals surface area contributed by atoms with Crippen LogP contribution in [0.4, 0.5) is 5.69 Å². The average Bonchev–Trinajstić information content (AvgIpc) is 3.13. The summed E-state index contributed by atoms with van der Waals surface area (Å²) in [6.45, 7) is 5.44. The van der Waals surface area contributed by atoms with Crippen molar-refractivity contribution >= 4 is 23.4 Å². The van der Waals surface area contributed by atoms with Crippen molar-refractivity contribution in [1.82, 2.24) is 14.8 Å². The number of hydrogen-bond donors (Lipinski definition) is 1. The van der Waals surface area contributed by atoms with E-state index in [0.717, 1.165) is 22.2 Å². The van der Waals surface area contributed by atoms with E-state index < -0.39 is 0 Å². The lowest BCUT2D eigenvalue weighted by Crippen LogP contribution is -2.16. The van der Waals surface area contributed by atoms with Gasteiger partial charge < -0.3 is 14.6 Å². The van der Waals surface area contributed by atoms with E-state index in [1.807, 2.05) is 47.0 Å². The summed E-state index contributed by atoms with van der Waals surface area (Å²) in [6, 6.07) is 18.1. The zero-order valence-corrected chi connectivity index (χ0v) is 18.5. The second kappa shape index (κ2) is 10.9. The highest BCUT2D eigenvalue weighted by Gasteiger charge is 2.15. The summed E-state index contributed by atoms with van der Waals surface area (Å²) in [7, 11) is 1.67. The number of amides is 1. The molecule has 7 heteroatoms. The van der Waals surface area contributed by atoms with Crippen molar-refractivity contribution < 1.29 is 9.53 Å². The third-order valence-corrected chi connectivity index (χ3v) is 5.67. The van der Waals surface area contributed by atoms with Gasteiger partial charge in [0.1, 0.15) is 5.82 Å². The molecule has 0 spiro atoms. The van der Waals surface area contributed by atoms with Gasteiger partial charge in [-0.1, -0.05) is 74.1 Å². The maximum Gasteiger partial charge on any atom is 0.234 e. The number of anilines is 1. The number of nitrogens with one attached hydrogen (secondary N) is 1. The monoisotopic (exact) mass is 424 g/mol. The molecular formula is C23H28N4O2S. The number of para-hydroxylation sites is 1. The molecule has 1 amide bonds. The Hall–Kier alpha value is -2.64. The first kappa shape index (κ1) is 22.1. The molecule has 30 heavy (non-hydrogen) atoms. The third-order valence-electron chi connectivity index (χ3n) is 4.71. The number of carbonyl (C=O) groups excluding carboxylic acids is 1. The standard InChI is InChI=1S/C23H28N4O2S/c1-17(2)19-11-7-8-12-20(19)24-22(28)16-30-23-26-25-21(27(23)13-14-29-3)15-18-9-5-4-6-10-18/h4-12,17H,13-16H2,1-3H3,(H,24,28). The zero-order chi connectivity index (χ0) is 21.3. The first-order chi connectivity index (χ1) is 14.6. The molecule has 0 saturated carbocycles. The van der Waals surface area contributed by atoms with Gasteiger partial charge in [-0.05, 0) is 23.1 Å². The lowest BCUT2D eigenvalue weighted by molar-refractivity contribution is -0.113. The fraction of sp³-hybridized carbons (Fsp3) is 0.348. The van der Waals surface area contributed by atoms with Crippen LogP contribution in [-0.2, 0) is 22.5 Å². The van der Waals surface area contributed by atoms with E-state index in [4.69, 9.17) is 4.74 Å². The van der Waals surface area contributed by atoms with Gasteiger partial charge in [0.25, 0.3) is 0 Å². The molecule has 1 N–H and O–H groups in total. The molecule has 0 aliphatic heterocycles. The molecule has 3 aromatic rings. The van der Waals surface area contributed by atoms with E-state index in [9.17, 15) is 4.79 Å². The van der Waals surface area contributed by atoms with Crippen molar-refractivity contribution in [2.45, 2.75) is 37.9 Å². The molecular weight excluding hydrogens is 396 g/mol. The summed E-state index contributed by atoms with van der Waals surface area (Å²) in [6.07, 6.45) is 0.687. The normalized spacial score (nSPS) is 11.1. The molecule has 0 fully saturated rings. The minimum absolute atomic E-state index is 0.0565. The van der Waals surface area contributed by atoms with Crippen LogP contribution < -0.4 is 5.32 Å². The van der Waals surface area contributed by atoms with Gasteiger partial charge in [0.15, 0.2) is 5.16 Å². The number of benzene rings is 2. The Bertz CT molecular complexity index is 957. The molecule has 0 bridgehead atoms. The highest BCUT2D eigenvalue weighted by molar-refractivity contribution is 7.99. The third kappa shape index (κ3) is 5.93. The van der Waals surface area contributed by atoms with Crippen LogP contribution >= 0.6 is 11.8 Å². The fourth-order valence-electron chi connectivity index (χ4n) is 3.17. The molecule has 0 saturated heterocycles. The maximum absolute atomic E-state index is 12.6. The van der Waals surface area contributed by atoms with Crippen molar-refractivity contribution in [3.8, 4) is 0 Å². The highest BCUT2D eigenvalue weighted by atomic mass is 32.2. The van der Waals surface area contributed by atoms with E-state index in [-0.39, 0.29) is 11.7 Å². The van der Waals surface area contributed by atoms with Crippen molar-refractivity contribution in [3.63, 3.8) is 0 Å². The molecule has 0 atom stereocenters. The molecule has 0 unspecified atom stereocenters. The predicted molar refractivity (Wildman–Crippen MR) is 121 cm³/mol. The van der Waals surface area contributed by atoms with Crippen molar-refractivity contribution in [2.75, 3.05) is 24.8 Å². The van der Waals surface area contributed by atoms with Crippen LogP contribution in [0, 0.1) is 0 Å². The molecule has 2 aromatic carbocycles. The Kier molecular flexibility index (Phi) is 8.04. The quantitative estimate of drug-likeness (QED) is 0.490. The second-order valence-corrected chi connectivity index (χ2v) is 8.23. The van der Waals surface area contributed by atoms with Gasteiger partial charge in [-0.2, -0.15) is 0 Å². The Morgan fingerprint density at radius 2 is 1.83 bits per heavy atom. The SMILES string of the molecule is COCCn1c(Cc2ccccc2)nnc1SCC(=O)Nc1ccccc1C(C)C. The van der Waals surface area contributed by atoms with Crippen LogP contribution in [0.3, 0.4) is 0 Å². The van der Waals surface area contributed by atoms with Gasteiger partial charge >= 0.3 is 0 Å². The Morgan fingerprint density at radius 3 is 2.57 bits per heavy atom. The minimum Gasteiger partial charge on any atom is -0.383 e. The first-order valence-corrected chi connectivity index (χ1v) is 11.0. The summed E-state index contributed by atoms with van der Waals surface area (Å²) >= 11 is 1.39. The van der Waals surface area contributed by atoms with Gasteiger partial charge in [-0.25, -0.2) is 0 Å². The van der Waals surface area contributed by atoms with E-state index in [1.54, 1.807) is 7.11 Å². The number of thioether (sulfide) groups is 1. The molecule has 0 radical (unpaired) electrons. The van der Waals surface area contributed by atoms with Crippen LogP contribution in [0.5, 0.6) is 0 Å². The second-order valence-electron chi connectivity index (χ2n) is 7.28. The number of methoxy groups -OCH3 is 1. The van der Waals surface area contributed by atoms with Crippen LogP contribution in [0.2, 0.25) is 0 Å². The van der Waals surface area contributed by atoms with Crippen LogP contribution in [-0.4, -0.2) is 40.1 Å². The van der Waals surface area contributed by atoms with E-state index >= 15 is 0 Å². The molecule has 6 nitrogen and oxygen atoms in total. The predicted octanol–water partition coefficient (Wildman–Crippen LogP) is 4.37. The molecule has 1 heterocycles. The van der Waals surface area contributed by atoms with Crippen molar-refractivity contribution in [1.29, 1.82) is 0 Å². The van der Waals surface area contributed by atoms with E-state index in [2.05, 4.69) is 41.5 Å². The lowest BCUT2D eigenvalue weighted by atomic mass is 10.0. The number of ether oxygens (including phenoxy) is 1. The van der Waals surface area contributed by atoms with Crippen molar-refractivity contribution in [2.24, 2.45) is 0 Å². The highest BCUT2D eigenvalue weighted by Crippen LogP contribution is 2.24. The van der Waals surface area contributed by atoms with Gasteiger partial charge in [0, 0.05) is 25.8 Å². The summed E-state index contributed by atoms with van der Waals surface area (Å²) in [4.78, 5) is 12.6. The molecule has 1 aromatic heterocycles. The molecule has 0 aliphatic carbocycles. The summed E-state index contributed by atoms with van der Waals surface area (Å²) in [5.41, 5.74) is 3.16. The molecule has 158 valence electrons. The first-order valence-electron chi connectivity index (χ1n) is 10.0. The van der Waals surface area contributed by atoms with Gasteiger partial charge in [-0.15, -0.1) is 10.2 Å². The van der Waals surface area contributed by atoms with Crippen molar-refractivity contribution in [3.05, 3.63) is 71.5 Å².